The molecule has 0 saturated heterocycles. The van der Waals surface area contributed by atoms with Gasteiger partial charge in [-0.25, -0.2) is 8.42 Å². The van der Waals surface area contributed by atoms with Crippen LogP contribution < -0.4 is 15.8 Å². The number of ether oxygens (including phenoxy) is 1. The van der Waals surface area contributed by atoms with Crippen LogP contribution in [-0.2, 0) is 21.2 Å². The molecule has 112 valence electrons. The third kappa shape index (κ3) is 5.58. The van der Waals surface area contributed by atoms with E-state index in [-0.39, 0.29) is 30.6 Å². The van der Waals surface area contributed by atoms with Crippen molar-refractivity contribution in [2.75, 3.05) is 24.7 Å². The number of hydrogen-bond acceptors (Lipinski definition) is 5. The van der Waals surface area contributed by atoms with Crippen molar-refractivity contribution in [2.24, 2.45) is 5.73 Å². The molecule has 1 aromatic rings. The van der Waals surface area contributed by atoms with E-state index in [0.717, 1.165) is 5.56 Å². The van der Waals surface area contributed by atoms with Gasteiger partial charge in [-0.1, -0.05) is 25.1 Å². The molecule has 1 rings (SSSR count). The normalized spacial score (nSPS) is 11.1. The summed E-state index contributed by atoms with van der Waals surface area (Å²) in [6.07, 6.45) is 0. The molecule has 0 radical (unpaired) electrons. The van der Waals surface area contributed by atoms with Crippen molar-refractivity contribution in [2.45, 2.75) is 13.5 Å². The molecule has 0 saturated carbocycles. The van der Waals surface area contributed by atoms with Gasteiger partial charge in [0.1, 0.15) is 5.75 Å². The molecule has 0 spiro atoms. The van der Waals surface area contributed by atoms with E-state index in [9.17, 15) is 13.2 Å². The molecule has 0 aromatic heterocycles. The first-order valence-electron chi connectivity index (χ1n) is 6.36. The van der Waals surface area contributed by atoms with Crippen LogP contribution in [0.2, 0.25) is 0 Å². The van der Waals surface area contributed by atoms with Crippen LogP contribution in [0.5, 0.6) is 5.75 Å². The minimum absolute atomic E-state index is 0.0609. The van der Waals surface area contributed by atoms with Crippen LogP contribution in [0.1, 0.15) is 12.5 Å². The van der Waals surface area contributed by atoms with Gasteiger partial charge in [0.15, 0.2) is 16.4 Å². The van der Waals surface area contributed by atoms with E-state index >= 15 is 0 Å². The van der Waals surface area contributed by atoms with Crippen LogP contribution in [-0.4, -0.2) is 39.0 Å². The average Bonchev–Trinajstić information content (AvgIpc) is 2.45. The van der Waals surface area contributed by atoms with Crippen LogP contribution >= 0.6 is 0 Å². The highest BCUT2D eigenvalue weighted by molar-refractivity contribution is 7.91. The van der Waals surface area contributed by atoms with E-state index in [4.69, 9.17) is 10.5 Å². The molecule has 7 heteroatoms. The van der Waals surface area contributed by atoms with Crippen molar-refractivity contribution >= 4 is 15.7 Å². The van der Waals surface area contributed by atoms with Crippen molar-refractivity contribution in [1.82, 2.24) is 5.32 Å². The van der Waals surface area contributed by atoms with Gasteiger partial charge in [-0.15, -0.1) is 0 Å². The average molecular weight is 300 g/mol. The van der Waals surface area contributed by atoms with Gasteiger partial charge < -0.3 is 15.8 Å². The van der Waals surface area contributed by atoms with Gasteiger partial charge in [0.05, 0.1) is 5.75 Å². The van der Waals surface area contributed by atoms with Crippen molar-refractivity contribution in [3.05, 3.63) is 29.8 Å². The number of benzene rings is 1. The monoisotopic (exact) mass is 300 g/mol. The molecule has 6 nitrogen and oxygen atoms in total. The number of carbonyl (C=O) groups is 1. The second-order valence-corrected chi connectivity index (χ2v) is 6.66. The lowest BCUT2D eigenvalue weighted by atomic mass is 10.2. The minimum atomic E-state index is -3.07. The predicted molar refractivity (Wildman–Crippen MR) is 77.2 cm³/mol. The van der Waals surface area contributed by atoms with Crippen LogP contribution in [0.3, 0.4) is 0 Å². The Hall–Kier alpha value is -1.60. The first kappa shape index (κ1) is 16.5. The van der Waals surface area contributed by atoms with E-state index in [1.54, 1.807) is 19.1 Å². The largest absolute Gasteiger partial charge is 0.483 e. The van der Waals surface area contributed by atoms with Gasteiger partial charge in [-0.05, 0) is 6.07 Å². The first-order valence-corrected chi connectivity index (χ1v) is 8.18. The van der Waals surface area contributed by atoms with Gasteiger partial charge >= 0.3 is 0 Å². The molecule has 1 amide bonds. The third-order valence-corrected chi connectivity index (χ3v) is 4.43. The van der Waals surface area contributed by atoms with E-state index in [0.29, 0.717) is 12.3 Å². The van der Waals surface area contributed by atoms with Crippen LogP contribution in [0.15, 0.2) is 24.3 Å². The number of sulfone groups is 1. The van der Waals surface area contributed by atoms with Crippen molar-refractivity contribution in [3.8, 4) is 5.75 Å². The molecule has 0 heterocycles. The van der Waals surface area contributed by atoms with Crippen LogP contribution in [0.25, 0.3) is 0 Å². The van der Waals surface area contributed by atoms with Gasteiger partial charge in [0, 0.05) is 24.4 Å². The molecule has 0 fully saturated rings. The Bertz CT molecular complexity index is 543. The third-order valence-electron chi connectivity index (χ3n) is 2.73. The first-order chi connectivity index (χ1) is 9.48. The Morgan fingerprint density at radius 3 is 2.70 bits per heavy atom. The van der Waals surface area contributed by atoms with Gasteiger partial charge in [-0.3, -0.25) is 4.79 Å². The molecule has 0 aliphatic heterocycles. The van der Waals surface area contributed by atoms with Crippen LogP contribution in [0.4, 0.5) is 0 Å². The standard InChI is InChI=1S/C13H20N2O4S/c1-2-20(17,18)8-7-15-13(16)10-19-12-6-4-3-5-11(12)9-14/h3-6H,2,7-10,14H2,1H3,(H,15,16). The zero-order valence-electron chi connectivity index (χ0n) is 11.5. The predicted octanol–water partition coefficient (Wildman–Crippen LogP) is 0.0750. The summed E-state index contributed by atoms with van der Waals surface area (Å²) in [7, 11) is -3.07. The zero-order valence-corrected chi connectivity index (χ0v) is 12.3. The summed E-state index contributed by atoms with van der Waals surface area (Å²) in [6, 6.07) is 7.18. The SMILES string of the molecule is CCS(=O)(=O)CCNC(=O)COc1ccccc1CN. The number of nitrogens with one attached hydrogen (secondary N) is 1. The summed E-state index contributed by atoms with van der Waals surface area (Å²) < 4.78 is 27.9. The number of carbonyl (C=O) groups excluding carboxylic acids is 1. The fourth-order valence-electron chi connectivity index (χ4n) is 1.50. The van der Waals surface area contributed by atoms with Gasteiger partial charge in [0.25, 0.3) is 5.91 Å². The lowest BCUT2D eigenvalue weighted by Gasteiger charge is -2.10. The second-order valence-electron chi connectivity index (χ2n) is 4.19. The highest BCUT2D eigenvalue weighted by Crippen LogP contribution is 2.16. The Morgan fingerprint density at radius 2 is 2.05 bits per heavy atom. The maximum atomic E-state index is 11.5. The Morgan fingerprint density at radius 1 is 1.35 bits per heavy atom. The number of rotatable bonds is 8. The van der Waals surface area contributed by atoms with E-state index in [1.807, 2.05) is 12.1 Å². The zero-order chi connectivity index (χ0) is 15.0. The topological polar surface area (TPSA) is 98.5 Å². The molecule has 0 aliphatic rings. The lowest BCUT2D eigenvalue weighted by molar-refractivity contribution is -0.122. The molecule has 20 heavy (non-hydrogen) atoms. The van der Waals surface area contributed by atoms with Gasteiger partial charge in [-0.2, -0.15) is 0 Å². The minimum Gasteiger partial charge on any atom is -0.483 e. The quantitative estimate of drug-likeness (QED) is 0.708. The molecule has 0 aliphatic carbocycles. The number of amides is 1. The Kier molecular flexibility index (Phi) is 6.47. The van der Waals surface area contributed by atoms with E-state index in [2.05, 4.69) is 5.32 Å². The van der Waals surface area contributed by atoms with Crippen molar-refractivity contribution in [1.29, 1.82) is 0 Å². The van der Waals surface area contributed by atoms with Gasteiger partial charge in [0.2, 0.25) is 0 Å². The second kappa shape index (κ2) is 7.86. The van der Waals surface area contributed by atoms with Crippen molar-refractivity contribution in [3.63, 3.8) is 0 Å². The maximum absolute atomic E-state index is 11.5. The maximum Gasteiger partial charge on any atom is 0.257 e. The number of para-hydroxylation sites is 1. The summed E-state index contributed by atoms with van der Waals surface area (Å²) in [6.45, 7) is 1.83. The highest BCUT2D eigenvalue weighted by Gasteiger charge is 2.09. The number of nitrogens with two attached hydrogens (primary N) is 1. The molecule has 0 unspecified atom stereocenters. The molecule has 3 N–H and O–H groups in total. The molecule has 1 aromatic carbocycles. The summed E-state index contributed by atoms with van der Waals surface area (Å²) >= 11 is 0. The molecule has 0 atom stereocenters. The summed E-state index contributed by atoms with van der Waals surface area (Å²) in [5.41, 5.74) is 6.37. The van der Waals surface area contributed by atoms with E-state index < -0.39 is 9.84 Å². The summed E-state index contributed by atoms with van der Waals surface area (Å²) in [5.74, 6) is 0.215. The lowest BCUT2D eigenvalue weighted by Crippen LogP contribution is -2.33. The fraction of sp³-hybridized carbons (Fsp3) is 0.462. The molecule has 0 bridgehead atoms. The Labute approximate surface area is 119 Å². The number of hydrogen-bond donors (Lipinski definition) is 2. The Balaban J connectivity index is 2.37. The highest BCUT2D eigenvalue weighted by atomic mass is 32.2. The fourth-order valence-corrected chi connectivity index (χ4v) is 2.20. The van der Waals surface area contributed by atoms with Crippen LogP contribution in [0, 0.1) is 0 Å². The summed E-state index contributed by atoms with van der Waals surface area (Å²) in [4.78, 5) is 11.5. The van der Waals surface area contributed by atoms with Crippen molar-refractivity contribution < 1.29 is 17.9 Å². The summed E-state index contributed by atoms with van der Waals surface area (Å²) in [5, 5.41) is 2.51. The smallest absolute Gasteiger partial charge is 0.257 e. The van der Waals surface area contributed by atoms with E-state index in [1.165, 1.54) is 0 Å². The molecular formula is C13H20N2O4S. The molecular weight excluding hydrogens is 280 g/mol.